The van der Waals surface area contributed by atoms with Gasteiger partial charge < -0.3 is 19.9 Å². The summed E-state index contributed by atoms with van der Waals surface area (Å²) in [7, 11) is 1.56. The number of methoxy groups -OCH3 is 1. The second-order valence-corrected chi connectivity index (χ2v) is 3.83. The lowest BCUT2D eigenvalue weighted by Gasteiger charge is -2.11. The number of aliphatic hydroxyl groups excluding tert-OH is 1. The minimum Gasteiger partial charge on any atom is -0.479 e. The molecule has 1 rings (SSSR count). The first-order chi connectivity index (χ1) is 8.76. The van der Waals surface area contributed by atoms with Gasteiger partial charge in [0.05, 0.1) is 12.7 Å². The van der Waals surface area contributed by atoms with Crippen molar-refractivity contribution in [3.05, 3.63) is 29.8 Å². The third-order valence-electron chi connectivity index (χ3n) is 2.29. The zero-order valence-electron chi connectivity index (χ0n) is 10.4. The largest absolute Gasteiger partial charge is 0.479 e. The Hall–Kier alpha value is -1.61. The van der Waals surface area contributed by atoms with Crippen LogP contribution < -0.4 is 10.1 Å². The molecule has 1 atom stereocenters. The van der Waals surface area contributed by atoms with Crippen molar-refractivity contribution in [2.45, 2.75) is 12.6 Å². The van der Waals surface area contributed by atoms with Gasteiger partial charge in [-0.05, 0) is 17.7 Å². The highest BCUT2D eigenvalue weighted by Crippen LogP contribution is 2.11. The van der Waals surface area contributed by atoms with E-state index in [2.05, 4.69) is 5.32 Å². The van der Waals surface area contributed by atoms with Gasteiger partial charge in [0.1, 0.15) is 11.8 Å². The third-order valence-corrected chi connectivity index (χ3v) is 2.29. The van der Waals surface area contributed by atoms with Crippen LogP contribution in [0.1, 0.15) is 5.56 Å². The van der Waals surface area contributed by atoms with E-state index >= 15 is 0 Å². The van der Waals surface area contributed by atoms with Crippen molar-refractivity contribution >= 4 is 0 Å². The molecule has 0 bridgehead atoms. The molecule has 1 unspecified atom stereocenters. The number of nitrogens with one attached hydrogen (secondary N) is 1. The zero-order chi connectivity index (χ0) is 13.2. The standard InChI is InChI=1S/C13H18N2O3/c1-17-10-12(16)9-15-8-11-2-4-13(5-3-11)18-7-6-14/h2-5,12,15-16H,7-10H2,1H3. The van der Waals surface area contributed by atoms with E-state index in [0.29, 0.717) is 25.4 Å². The van der Waals surface area contributed by atoms with Crippen LogP contribution >= 0.6 is 0 Å². The van der Waals surface area contributed by atoms with Gasteiger partial charge >= 0.3 is 0 Å². The summed E-state index contributed by atoms with van der Waals surface area (Å²) < 4.78 is 9.97. The molecular weight excluding hydrogens is 232 g/mol. The molecule has 0 aliphatic rings. The summed E-state index contributed by atoms with van der Waals surface area (Å²) in [5, 5.41) is 20.9. The number of benzene rings is 1. The molecule has 1 aromatic carbocycles. The zero-order valence-corrected chi connectivity index (χ0v) is 10.4. The predicted octanol–water partition coefficient (Wildman–Crippen LogP) is 0.686. The highest BCUT2D eigenvalue weighted by molar-refractivity contribution is 5.27. The van der Waals surface area contributed by atoms with Gasteiger partial charge in [-0.3, -0.25) is 0 Å². The number of rotatable bonds is 8. The first kappa shape index (κ1) is 14.5. The predicted molar refractivity (Wildman–Crippen MR) is 67.1 cm³/mol. The van der Waals surface area contributed by atoms with Gasteiger partial charge in [0.25, 0.3) is 0 Å². The maximum Gasteiger partial charge on any atom is 0.174 e. The monoisotopic (exact) mass is 250 g/mol. The van der Waals surface area contributed by atoms with Crippen LogP contribution in [-0.4, -0.2) is 38.1 Å². The first-order valence-electron chi connectivity index (χ1n) is 5.72. The lowest BCUT2D eigenvalue weighted by molar-refractivity contribution is 0.0644. The van der Waals surface area contributed by atoms with Crippen LogP contribution in [0.25, 0.3) is 0 Å². The summed E-state index contributed by atoms with van der Waals surface area (Å²) in [5.74, 6) is 0.680. The average Bonchev–Trinajstić information content (AvgIpc) is 2.38. The van der Waals surface area contributed by atoms with Crippen LogP contribution in [0.15, 0.2) is 24.3 Å². The highest BCUT2D eigenvalue weighted by atomic mass is 16.5. The summed E-state index contributed by atoms with van der Waals surface area (Å²) in [5.41, 5.74) is 1.09. The van der Waals surface area contributed by atoms with Gasteiger partial charge in [-0.1, -0.05) is 12.1 Å². The molecule has 0 saturated heterocycles. The fourth-order valence-electron chi connectivity index (χ4n) is 1.45. The maximum absolute atomic E-state index is 9.43. The van der Waals surface area contributed by atoms with Crippen molar-refractivity contribution in [3.8, 4) is 11.8 Å². The Bertz CT molecular complexity index is 373. The molecule has 0 radical (unpaired) electrons. The van der Waals surface area contributed by atoms with E-state index in [9.17, 15) is 5.11 Å². The Labute approximate surface area is 107 Å². The van der Waals surface area contributed by atoms with Crippen LogP contribution in [0.4, 0.5) is 0 Å². The molecule has 0 fully saturated rings. The molecule has 5 nitrogen and oxygen atoms in total. The Morgan fingerprint density at radius 1 is 1.39 bits per heavy atom. The second-order valence-electron chi connectivity index (χ2n) is 3.83. The molecule has 0 aliphatic heterocycles. The summed E-state index contributed by atoms with van der Waals surface area (Å²) >= 11 is 0. The second kappa shape index (κ2) is 8.48. The van der Waals surface area contributed by atoms with Gasteiger partial charge in [0.15, 0.2) is 6.61 Å². The van der Waals surface area contributed by atoms with Crippen LogP contribution in [0.2, 0.25) is 0 Å². The molecule has 0 heterocycles. The molecule has 1 aromatic rings. The summed E-state index contributed by atoms with van der Waals surface area (Å²) in [6.07, 6.45) is -0.492. The molecular formula is C13H18N2O3. The van der Waals surface area contributed by atoms with E-state index in [-0.39, 0.29) is 6.61 Å². The lowest BCUT2D eigenvalue weighted by atomic mass is 10.2. The van der Waals surface area contributed by atoms with Gasteiger partial charge in [-0.25, -0.2) is 0 Å². The highest BCUT2D eigenvalue weighted by Gasteiger charge is 2.02. The lowest BCUT2D eigenvalue weighted by Crippen LogP contribution is -2.29. The topological polar surface area (TPSA) is 74.5 Å². The fourth-order valence-corrected chi connectivity index (χ4v) is 1.45. The normalized spacial score (nSPS) is 11.8. The molecule has 98 valence electrons. The van der Waals surface area contributed by atoms with Crippen molar-refractivity contribution in [1.82, 2.24) is 5.32 Å². The van der Waals surface area contributed by atoms with Crippen molar-refractivity contribution in [2.24, 2.45) is 0 Å². The van der Waals surface area contributed by atoms with Crippen molar-refractivity contribution in [1.29, 1.82) is 5.26 Å². The summed E-state index contributed by atoms with van der Waals surface area (Å²) in [6, 6.07) is 9.39. The van der Waals surface area contributed by atoms with Gasteiger partial charge in [0, 0.05) is 20.2 Å². The fraction of sp³-hybridized carbons (Fsp3) is 0.462. The number of nitriles is 1. The van der Waals surface area contributed by atoms with Crippen LogP contribution in [0.3, 0.4) is 0 Å². The van der Waals surface area contributed by atoms with E-state index in [0.717, 1.165) is 5.56 Å². The number of hydrogen-bond acceptors (Lipinski definition) is 5. The van der Waals surface area contributed by atoms with Crippen LogP contribution in [-0.2, 0) is 11.3 Å². The number of ether oxygens (including phenoxy) is 2. The van der Waals surface area contributed by atoms with E-state index in [1.54, 1.807) is 7.11 Å². The number of aliphatic hydroxyl groups is 1. The molecule has 5 heteroatoms. The summed E-state index contributed by atoms with van der Waals surface area (Å²) in [4.78, 5) is 0. The Morgan fingerprint density at radius 3 is 2.72 bits per heavy atom. The molecule has 2 N–H and O–H groups in total. The molecule has 0 aromatic heterocycles. The molecule has 0 saturated carbocycles. The smallest absolute Gasteiger partial charge is 0.174 e. The van der Waals surface area contributed by atoms with Gasteiger partial charge in [-0.15, -0.1) is 0 Å². The minimum atomic E-state index is -0.492. The molecule has 0 spiro atoms. The quantitative estimate of drug-likeness (QED) is 0.710. The maximum atomic E-state index is 9.43. The molecule has 0 aliphatic carbocycles. The number of nitrogens with zero attached hydrogens (tertiary/aromatic N) is 1. The van der Waals surface area contributed by atoms with E-state index in [1.807, 2.05) is 30.3 Å². The average molecular weight is 250 g/mol. The van der Waals surface area contributed by atoms with E-state index in [4.69, 9.17) is 14.7 Å². The molecule has 0 amide bonds. The van der Waals surface area contributed by atoms with Gasteiger partial charge in [-0.2, -0.15) is 5.26 Å². The Morgan fingerprint density at radius 2 is 2.11 bits per heavy atom. The van der Waals surface area contributed by atoms with Crippen LogP contribution in [0.5, 0.6) is 5.75 Å². The molecule has 18 heavy (non-hydrogen) atoms. The number of hydrogen-bond donors (Lipinski definition) is 2. The van der Waals surface area contributed by atoms with E-state index in [1.165, 1.54) is 0 Å². The Balaban J connectivity index is 2.29. The van der Waals surface area contributed by atoms with Gasteiger partial charge in [0.2, 0.25) is 0 Å². The van der Waals surface area contributed by atoms with Crippen molar-refractivity contribution in [3.63, 3.8) is 0 Å². The minimum absolute atomic E-state index is 0.0564. The SMILES string of the molecule is COCC(O)CNCc1ccc(OCC#N)cc1. The van der Waals surface area contributed by atoms with Crippen molar-refractivity contribution < 1.29 is 14.6 Å². The van der Waals surface area contributed by atoms with Crippen LogP contribution in [0, 0.1) is 11.3 Å². The third kappa shape index (κ3) is 5.64. The van der Waals surface area contributed by atoms with E-state index < -0.39 is 6.10 Å². The van der Waals surface area contributed by atoms with Crippen molar-refractivity contribution in [2.75, 3.05) is 26.9 Å². The Kier molecular flexibility index (Phi) is 6.81. The first-order valence-corrected chi connectivity index (χ1v) is 5.72. The summed E-state index contributed by atoms with van der Waals surface area (Å²) in [6.45, 7) is 1.54.